The molecule has 0 saturated heterocycles. The molecule has 45 heavy (non-hydrogen) atoms. The standard InChI is InChI=1S/C20H24N2OS.C17H18N2OS/c1-3-5-13-24-18-10-11-20-21-19(15-22(20)14-18)16-6-8-17(9-7-16)23-12-4-2;1-2-3-10-21-15-8-9-17-18-16(12-19(17)11-15)13-4-6-14(20)7-5-13/h6-11,14-15H,3-5,12-13H2,1-2H3;4-9,11-12,20H,2-3,10H2,1H3. The summed E-state index contributed by atoms with van der Waals surface area (Å²) in [5.74, 6) is 3.51. The number of hydrogen-bond acceptors (Lipinski definition) is 6. The normalized spacial score (nSPS) is 11.1. The van der Waals surface area contributed by atoms with Gasteiger partial charge < -0.3 is 18.6 Å². The number of benzene rings is 2. The van der Waals surface area contributed by atoms with E-state index < -0.39 is 0 Å². The van der Waals surface area contributed by atoms with E-state index >= 15 is 0 Å². The molecule has 0 saturated carbocycles. The highest BCUT2D eigenvalue weighted by molar-refractivity contribution is 7.99. The lowest BCUT2D eigenvalue weighted by atomic mass is 10.2. The molecule has 4 aromatic heterocycles. The van der Waals surface area contributed by atoms with Gasteiger partial charge in [0.1, 0.15) is 22.8 Å². The third-order valence-electron chi connectivity index (χ3n) is 7.17. The van der Waals surface area contributed by atoms with Crippen LogP contribution in [0.25, 0.3) is 33.8 Å². The fourth-order valence-electron chi connectivity index (χ4n) is 4.63. The summed E-state index contributed by atoms with van der Waals surface area (Å²) in [6.07, 6.45) is 14.4. The Morgan fingerprint density at radius 1 is 0.600 bits per heavy atom. The van der Waals surface area contributed by atoms with E-state index in [1.54, 1.807) is 12.1 Å². The summed E-state index contributed by atoms with van der Waals surface area (Å²) in [6.45, 7) is 7.31. The van der Waals surface area contributed by atoms with E-state index in [1.165, 1.54) is 41.2 Å². The van der Waals surface area contributed by atoms with Crippen molar-refractivity contribution in [1.82, 2.24) is 18.8 Å². The molecule has 6 nitrogen and oxygen atoms in total. The molecule has 6 rings (SSSR count). The maximum absolute atomic E-state index is 9.35. The number of hydrogen-bond donors (Lipinski definition) is 1. The first-order valence-electron chi connectivity index (χ1n) is 15.8. The summed E-state index contributed by atoms with van der Waals surface area (Å²) in [6, 6.07) is 23.8. The Morgan fingerprint density at radius 3 is 1.56 bits per heavy atom. The predicted molar refractivity (Wildman–Crippen MR) is 190 cm³/mol. The van der Waals surface area contributed by atoms with Crippen LogP contribution in [0, 0.1) is 0 Å². The van der Waals surface area contributed by atoms with Gasteiger partial charge in [0.05, 0.1) is 18.0 Å². The fraction of sp³-hybridized carbons (Fsp3) is 0.297. The average Bonchev–Trinajstić information content (AvgIpc) is 3.69. The highest BCUT2D eigenvalue weighted by Gasteiger charge is 2.07. The molecule has 0 radical (unpaired) electrons. The van der Waals surface area contributed by atoms with Crippen molar-refractivity contribution in [2.45, 2.75) is 62.7 Å². The second kappa shape index (κ2) is 16.4. The smallest absolute Gasteiger partial charge is 0.137 e. The predicted octanol–water partition coefficient (Wildman–Crippen LogP) is 10.3. The van der Waals surface area contributed by atoms with Crippen molar-refractivity contribution in [3.8, 4) is 34.0 Å². The molecule has 0 bridgehead atoms. The summed E-state index contributed by atoms with van der Waals surface area (Å²) < 4.78 is 9.82. The lowest BCUT2D eigenvalue weighted by molar-refractivity contribution is 0.317. The first kappa shape index (κ1) is 32.5. The molecule has 6 aromatic rings. The van der Waals surface area contributed by atoms with Crippen molar-refractivity contribution < 1.29 is 9.84 Å². The van der Waals surface area contributed by atoms with Crippen LogP contribution in [0.2, 0.25) is 0 Å². The van der Waals surface area contributed by atoms with Gasteiger partial charge in [-0.2, -0.15) is 0 Å². The van der Waals surface area contributed by atoms with E-state index in [0.717, 1.165) is 58.3 Å². The topological polar surface area (TPSA) is 64.1 Å². The monoisotopic (exact) mass is 638 g/mol. The third kappa shape index (κ3) is 9.08. The molecule has 0 spiro atoms. The number of nitrogens with zero attached hydrogens (tertiary/aromatic N) is 4. The first-order chi connectivity index (χ1) is 22.1. The molecule has 0 amide bonds. The number of phenolic OH excluding ortho intramolecular Hbond substituents is 1. The second-order valence-corrected chi connectivity index (χ2v) is 13.2. The number of fused-ring (bicyclic) bond motifs is 2. The number of thioether (sulfide) groups is 2. The van der Waals surface area contributed by atoms with Crippen LogP contribution in [-0.4, -0.2) is 42.0 Å². The van der Waals surface area contributed by atoms with Gasteiger partial charge in [-0.3, -0.25) is 0 Å². The molecule has 4 heterocycles. The number of pyridine rings is 2. The number of unbranched alkanes of at least 4 members (excludes halogenated alkanes) is 2. The van der Waals surface area contributed by atoms with E-state index in [9.17, 15) is 5.11 Å². The lowest BCUT2D eigenvalue weighted by Gasteiger charge is -2.04. The van der Waals surface area contributed by atoms with Crippen LogP contribution in [-0.2, 0) is 0 Å². The Bertz CT molecular complexity index is 1780. The lowest BCUT2D eigenvalue weighted by Crippen LogP contribution is -1.94. The highest BCUT2D eigenvalue weighted by atomic mass is 32.2. The zero-order chi connectivity index (χ0) is 31.4. The highest BCUT2D eigenvalue weighted by Crippen LogP contribution is 2.26. The van der Waals surface area contributed by atoms with Gasteiger partial charge in [-0.05, 0) is 104 Å². The van der Waals surface area contributed by atoms with E-state index in [4.69, 9.17) is 9.72 Å². The molecule has 1 N–H and O–H groups in total. The SMILES string of the molecule is CCCCSc1ccc2nc(-c3ccc(O)cc3)cn2c1.CCCCSc1ccc2nc(-c3ccc(OCCC)cc3)cn2c1. The Morgan fingerprint density at radius 2 is 1.09 bits per heavy atom. The molecule has 0 unspecified atom stereocenters. The van der Waals surface area contributed by atoms with Crippen LogP contribution in [0.1, 0.15) is 52.9 Å². The number of imidazole rings is 2. The van der Waals surface area contributed by atoms with Gasteiger partial charge in [0, 0.05) is 45.7 Å². The molecule has 0 aliphatic heterocycles. The minimum absolute atomic E-state index is 0.275. The summed E-state index contributed by atoms with van der Waals surface area (Å²) in [5.41, 5.74) is 5.96. The third-order valence-corrected chi connectivity index (χ3v) is 9.30. The Labute approximate surface area is 274 Å². The van der Waals surface area contributed by atoms with Crippen LogP contribution in [0.5, 0.6) is 11.5 Å². The summed E-state index contributed by atoms with van der Waals surface area (Å²) in [5, 5.41) is 9.35. The van der Waals surface area contributed by atoms with Crippen molar-refractivity contribution in [3.05, 3.63) is 97.6 Å². The first-order valence-corrected chi connectivity index (χ1v) is 17.8. The Hall–Kier alpha value is -3.88. The van der Waals surface area contributed by atoms with Crippen LogP contribution in [0.4, 0.5) is 0 Å². The van der Waals surface area contributed by atoms with Crippen LogP contribution >= 0.6 is 23.5 Å². The van der Waals surface area contributed by atoms with Gasteiger partial charge in [-0.25, -0.2) is 9.97 Å². The molecule has 0 atom stereocenters. The van der Waals surface area contributed by atoms with E-state index in [1.807, 2.05) is 54.0 Å². The molecular weight excluding hydrogens is 597 g/mol. The van der Waals surface area contributed by atoms with Gasteiger partial charge >= 0.3 is 0 Å². The van der Waals surface area contributed by atoms with Crippen molar-refractivity contribution in [1.29, 1.82) is 0 Å². The van der Waals surface area contributed by atoms with Crippen molar-refractivity contribution in [2.75, 3.05) is 18.1 Å². The van der Waals surface area contributed by atoms with Gasteiger partial charge in [0.15, 0.2) is 0 Å². The van der Waals surface area contributed by atoms with Gasteiger partial charge in [-0.1, -0.05) is 33.6 Å². The maximum Gasteiger partial charge on any atom is 0.137 e. The van der Waals surface area contributed by atoms with Crippen molar-refractivity contribution in [2.24, 2.45) is 0 Å². The molecule has 0 aliphatic rings. The van der Waals surface area contributed by atoms with E-state index in [2.05, 4.69) is 89.5 Å². The minimum atomic E-state index is 0.275. The van der Waals surface area contributed by atoms with Crippen molar-refractivity contribution >= 4 is 34.8 Å². The van der Waals surface area contributed by atoms with Crippen molar-refractivity contribution in [3.63, 3.8) is 0 Å². The summed E-state index contributed by atoms with van der Waals surface area (Å²) in [7, 11) is 0. The number of aromatic nitrogens is 4. The summed E-state index contributed by atoms with van der Waals surface area (Å²) >= 11 is 3.79. The molecular formula is C37H42N4O2S2. The largest absolute Gasteiger partial charge is 0.508 e. The zero-order valence-corrected chi connectivity index (χ0v) is 28.0. The van der Waals surface area contributed by atoms with Crippen LogP contribution in [0.3, 0.4) is 0 Å². The van der Waals surface area contributed by atoms with Crippen LogP contribution < -0.4 is 4.74 Å². The van der Waals surface area contributed by atoms with Crippen LogP contribution in [0.15, 0.2) is 107 Å². The quantitative estimate of drug-likeness (QED) is 0.100. The molecule has 234 valence electrons. The second-order valence-electron chi connectivity index (χ2n) is 10.8. The maximum atomic E-state index is 9.35. The number of aromatic hydroxyl groups is 1. The number of phenols is 1. The Balaban J connectivity index is 0.000000179. The van der Waals surface area contributed by atoms with Gasteiger partial charge in [-0.15, -0.1) is 23.5 Å². The van der Waals surface area contributed by atoms with Gasteiger partial charge in [0.25, 0.3) is 0 Å². The summed E-state index contributed by atoms with van der Waals surface area (Å²) in [4.78, 5) is 11.9. The fourth-order valence-corrected chi connectivity index (χ4v) is 6.68. The molecule has 0 fully saturated rings. The van der Waals surface area contributed by atoms with E-state index in [-0.39, 0.29) is 5.75 Å². The zero-order valence-electron chi connectivity index (χ0n) is 26.4. The Kier molecular flexibility index (Phi) is 11.9. The van der Waals surface area contributed by atoms with E-state index in [0.29, 0.717) is 0 Å². The molecule has 8 heteroatoms. The average molecular weight is 639 g/mol. The molecule has 2 aromatic carbocycles. The number of rotatable bonds is 13. The van der Waals surface area contributed by atoms with Gasteiger partial charge in [0.2, 0.25) is 0 Å². The minimum Gasteiger partial charge on any atom is -0.508 e. The molecule has 0 aliphatic carbocycles. The number of ether oxygens (including phenoxy) is 1.